The maximum Gasteiger partial charge on any atom is 0.0611 e. The highest BCUT2D eigenvalue weighted by Crippen LogP contribution is 2.30. The fourth-order valence-electron chi connectivity index (χ4n) is 2.22. The lowest BCUT2D eigenvalue weighted by Crippen LogP contribution is -2.29. The van der Waals surface area contributed by atoms with E-state index in [1.165, 1.54) is 29.8 Å². The maximum atomic E-state index is 5.18. The first kappa shape index (κ1) is 10.6. The van der Waals surface area contributed by atoms with Crippen LogP contribution in [0.3, 0.4) is 0 Å². The van der Waals surface area contributed by atoms with Crippen LogP contribution >= 0.6 is 11.8 Å². The molecular formula is C13H17NOS. The highest BCUT2D eigenvalue weighted by Gasteiger charge is 2.20. The number of ether oxygens (including phenoxy) is 1. The lowest BCUT2D eigenvalue weighted by atomic mass is 10.1. The smallest absolute Gasteiger partial charge is 0.0611 e. The lowest BCUT2D eigenvalue weighted by molar-refractivity contribution is 0.0455. The van der Waals surface area contributed by atoms with Crippen molar-refractivity contribution in [2.75, 3.05) is 19.8 Å². The Labute approximate surface area is 101 Å². The minimum atomic E-state index is 0.589. The molecule has 3 heteroatoms. The van der Waals surface area contributed by atoms with Gasteiger partial charge in [0.15, 0.2) is 0 Å². The number of nitrogens with one attached hydrogen (secondary N) is 1. The number of hydrogen-bond acceptors (Lipinski definition) is 3. The molecule has 1 unspecified atom stereocenters. The number of thioether (sulfide) groups is 1. The predicted molar refractivity (Wildman–Crippen MR) is 66.9 cm³/mol. The Hall–Kier alpha value is -0.510. The normalized spacial score (nSPS) is 25.6. The molecule has 16 heavy (non-hydrogen) atoms. The SMILES string of the molecule is c1cc(C2CCCN2)ccc1SC1COC1. The van der Waals surface area contributed by atoms with Crippen molar-refractivity contribution in [3.8, 4) is 0 Å². The Morgan fingerprint density at radius 1 is 1.19 bits per heavy atom. The van der Waals surface area contributed by atoms with Crippen molar-refractivity contribution in [1.29, 1.82) is 0 Å². The van der Waals surface area contributed by atoms with Crippen molar-refractivity contribution in [2.45, 2.75) is 29.0 Å². The average molecular weight is 235 g/mol. The van der Waals surface area contributed by atoms with Gasteiger partial charge in [-0.15, -0.1) is 11.8 Å². The summed E-state index contributed by atoms with van der Waals surface area (Å²) in [6.07, 6.45) is 2.59. The van der Waals surface area contributed by atoms with E-state index in [0.717, 1.165) is 13.2 Å². The van der Waals surface area contributed by atoms with E-state index in [2.05, 4.69) is 29.6 Å². The van der Waals surface area contributed by atoms with Gasteiger partial charge in [-0.3, -0.25) is 0 Å². The monoisotopic (exact) mass is 235 g/mol. The van der Waals surface area contributed by atoms with Crippen LogP contribution in [0.4, 0.5) is 0 Å². The van der Waals surface area contributed by atoms with Gasteiger partial charge in [-0.1, -0.05) is 12.1 Å². The van der Waals surface area contributed by atoms with E-state index < -0.39 is 0 Å². The molecular weight excluding hydrogens is 218 g/mol. The molecule has 0 spiro atoms. The molecule has 1 atom stereocenters. The Morgan fingerprint density at radius 3 is 2.56 bits per heavy atom. The van der Waals surface area contributed by atoms with E-state index in [-0.39, 0.29) is 0 Å². The Kier molecular flexibility index (Phi) is 3.18. The van der Waals surface area contributed by atoms with E-state index in [1.54, 1.807) is 0 Å². The van der Waals surface area contributed by atoms with Crippen LogP contribution in [0, 0.1) is 0 Å². The second kappa shape index (κ2) is 4.78. The molecule has 1 aromatic carbocycles. The third-order valence-electron chi connectivity index (χ3n) is 3.25. The first-order chi connectivity index (χ1) is 7.92. The molecule has 2 fully saturated rings. The lowest BCUT2D eigenvalue weighted by Gasteiger charge is -2.25. The Morgan fingerprint density at radius 2 is 2.00 bits per heavy atom. The third kappa shape index (κ3) is 2.26. The van der Waals surface area contributed by atoms with Crippen molar-refractivity contribution in [1.82, 2.24) is 5.32 Å². The molecule has 86 valence electrons. The molecule has 0 bridgehead atoms. The molecule has 0 aliphatic carbocycles. The van der Waals surface area contributed by atoms with Crippen LogP contribution in [0.1, 0.15) is 24.4 Å². The molecule has 2 aliphatic rings. The molecule has 2 saturated heterocycles. The van der Waals surface area contributed by atoms with Crippen molar-refractivity contribution in [2.24, 2.45) is 0 Å². The van der Waals surface area contributed by atoms with Gasteiger partial charge in [0.2, 0.25) is 0 Å². The summed E-state index contributed by atoms with van der Waals surface area (Å²) in [7, 11) is 0. The van der Waals surface area contributed by atoms with Crippen LogP contribution in [0.5, 0.6) is 0 Å². The van der Waals surface area contributed by atoms with E-state index in [9.17, 15) is 0 Å². The van der Waals surface area contributed by atoms with Crippen molar-refractivity contribution in [3.63, 3.8) is 0 Å². The van der Waals surface area contributed by atoms with E-state index in [1.807, 2.05) is 11.8 Å². The van der Waals surface area contributed by atoms with Crippen LogP contribution in [0.2, 0.25) is 0 Å². The van der Waals surface area contributed by atoms with Crippen LogP contribution in [-0.4, -0.2) is 25.0 Å². The second-order valence-electron chi connectivity index (χ2n) is 4.50. The van der Waals surface area contributed by atoms with Gasteiger partial charge in [0.1, 0.15) is 0 Å². The zero-order chi connectivity index (χ0) is 10.8. The highest BCUT2D eigenvalue weighted by atomic mass is 32.2. The second-order valence-corrected chi connectivity index (χ2v) is 5.87. The van der Waals surface area contributed by atoms with Gasteiger partial charge >= 0.3 is 0 Å². The molecule has 2 nitrogen and oxygen atoms in total. The Bertz CT molecular complexity index is 341. The molecule has 2 heterocycles. The number of benzene rings is 1. The van der Waals surface area contributed by atoms with Crippen molar-refractivity contribution < 1.29 is 4.74 Å². The first-order valence-electron chi connectivity index (χ1n) is 5.99. The maximum absolute atomic E-state index is 5.18. The minimum Gasteiger partial charge on any atom is -0.379 e. The largest absolute Gasteiger partial charge is 0.379 e. The van der Waals surface area contributed by atoms with E-state index in [4.69, 9.17) is 4.74 Å². The van der Waals surface area contributed by atoms with Gasteiger partial charge < -0.3 is 10.1 Å². The topological polar surface area (TPSA) is 21.3 Å². The fourth-order valence-corrected chi connectivity index (χ4v) is 3.23. The van der Waals surface area contributed by atoms with Gasteiger partial charge in [-0.25, -0.2) is 0 Å². The van der Waals surface area contributed by atoms with Crippen LogP contribution < -0.4 is 5.32 Å². The first-order valence-corrected chi connectivity index (χ1v) is 6.87. The van der Waals surface area contributed by atoms with Gasteiger partial charge in [0, 0.05) is 10.9 Å². The summed E-state index contributed by atoms with van der Waals surface area (Å²) in [5.74, 6) is 0. The molecule has 3 rings (SSSR count). The molecule has 0 aromatic heterocycles. The third-order valence-corrected chi connectivity index (χ3v) is 4.40. The summed E-state index contributed by atoms with van der Waals surface area (Å²) in [6.45, 7) is 2.99. The van der Waals surface area contributed by atoms with E-state index >= 15 is 0 Å². The fraction of sp³-hybridized carbons (Fsp3) is 0.538. The van der Waals surface area contributed by atoms with Gasteiger partial charge in [0.25, 0.3) is 0 Å². The van der Waals surface area contributed by atoms with Crippen molar-refractivity contribution >= 4 is 11.8 Å². The van der Waals surface area contributed by atoms with E-state index in [0.29, 0.717) is 11.3 Å². The summed E-state index contributed by atoms with van der Waals surface area (Å²) < 4.78 is 5.18. The number of rotatable bonds is 3. The molecule has 0 amide bonds. The van der Waals surface area contributed by atoms with Crippen molar-refractivity contribution in [3.05, 3.63) is 29.8 Å². The molecule has 2 aliphatic heterocycles. The van der Waals surface area contributed by atoms with Crippen LogP contribution in [0.25, 0.3) is 0 Å². The standard InChI is InChI=1S/C13H17NOS/c1-2-13(14-7-1)10-3-5-11(6-4-10)16-12-8-15-9-12/h3-6,12-14H,1-2,7-9H2. The average Bonchev–Trinajstić information content (AvgIpc) is 2.78. The van der Waals surface area contributed by atoms with Crippen LogP contribution in [0.15, 0.2) is 29.2 Å². The summed E-state index contributed by atoms with van der Waals surface area (Å²) in [5, 5.41) is 4.21. The quantitative estimate of drug-likeness (QED) is 0.870. The Balaban J connectivity index is 1.64. The molecule has 1 N–H and O–H groups in total. The predicted octanol–water partition coefficient (Wildman–Crippen LogP) is 2.60. The molecule has 1 aromatic rings. The van der Waals surface area contributed by atoms with Gasteiger partial charge in [-0.2, -0.15) is 0 Å². The zero-order valence-corrected chi connectivity index (χ0v) is 10.1. The van der Waals surface area contributed by atoms with Gasteiger partial charge in [-0.05, 0) is 37.1 Å². The summed E-state index contributed by atoms with van der Waals surface area (Å²) >= 11 is 1.94. The van der Waals surface area contributed by atoms with Gasteiger partial charge in [0.05, 0.1) is 18.5 Å². The van der Waals surface area contributed by atoms with Crippen LogP contribution in [-0.2, 0) is 4.74 Å². The minimum absolute atomic E-state index is 0.589. The summed E-state index contributed by atoms with van der Waals surface area (Å²) in [5.41, 5.74) is 1.44. The summed E-state index contributed by atoms with van der Waals surface area (Å²) in [4.78, 5) is 1.37. The highest BCUT2D eigenvalue weighted by molar-refractivity contribution is 8.00. The summed E-state index contributed by atoms with van der Waals surface area (Å²) in [6, 6.07) is 9.62. The molecule has 0 saturated carbocycles. The molecule has 0 radical (unpaired) electrons. The number of hydrogen-bond donors (Lipinski definition) is 1. The zero-order valence-electron chi connectivity index (χ0n) is 9.32.